The van der Waals surface area contributed by atoms with Crippen molar-refractivity contribution in [1.29, 1.82) is 0 Å². The minimum atomic E-state index is -3.71. The predicted octanol–water partition coefficient (Wildman–Crippen LogP) is 3.79. The number of carbonyl (C=O) groups is 1. The maximum atomic E-state index is 12.9. The van der Waals surface area contributed by atoms with Gasteiger partial charge in [-0.2, -0.15) is 4.31 Å². The Hall–Kier alpha value is -1.48. The Morgan fingerprint density at radius 3 is 2.69 bits per heavy atom. The summed E-state index contributed by atoms with van der Waals surface area (Å²) in [7, 11) is -3.71. The quantitative estimate of drug-likeness (QED) is 0.808. The van der Waals surface area contributed by atoms with Crippen molar-refractivity contribution in [3.8, 4) is 0 Å². The molecule has 0 aliphatic carbocycles. The van der Waals surface area contributed by atoms with Crippen LogP contribution in [0.1, 0.15) is 42.2 Å². The summed E-state index contributed by atoms with van der Waals surface area (Å²) in [6.45, 7) is 2.94. The van der Waals surface area contributed by atoms with Gasteiger partial charge in [-0.05, 0) is 37.5 Å². The molecule has 1 amide bonds. The van der Waals surface area contributed by atoms with Gasteiger partial charge >= 0.3 is 0 Å². The first-order chi connectivity index (χ1) is 12.4. The van der Waals surface area contributed by atoms with Crippen molar-refractivity contribution < 1.29 is 13.2 Å². The standard InChI is InChI=1S/C17H20ClN3O3S2/c1-2-13-11-25-17(19-13)20-16(22)12-6-7-14(18)15(10-12)26(23,24)21-8-4-3-5-9-21/h6-7,10-11H,2-5,8-9H2,1H3,(H,19,20,22). The summed E-state index contributed by atoms with van der Waals surface area (Å²) in [6, 6.07) is 4.31. The number of anilines is 1. The SMILES string of the molecule is CCc1csc(NC(=O)c2ccc(Cl)c(S(=O)(=O)N3CCCCC3)c2)n1. The fourth-order valence-electron chi connectivity index (χ4n) is 2.78. The second-order valence-corrected chi connectivity index (χ2v) is 9.23. The van der Waals surface area contributed by atoms with Crippen LogP contribution in [0.2, 0.25) is 5.02 Å². The van der Waals surface area contributed by atoms with E-state index < -0.39 is 15.9 Å². The summed E-state index contributed by atoms with van der Waals surface area (Å²) >= 11 is 7.48. The number of rotatable bonds is 5. The fourth-order valence-corrected chi connectivity index (χ4v) is 5.59. The van der Waals surface area contributed by atoms with E-state index in [0.717, 1.165) is 31.4 Å². The molecule has 1 aliphatic heterocycles. The minimum absolute atomic E-state index is 0.0258. The lowest BCUT2D eigenvalue weighted by molar-refractivity contribution is 0.102. The van der Waals surface area contributed by atoms with Crippen molar-refractivity contribution in [2.75, 3.05) is 18.4 Å². The van der Waals surface area contributed by atoms with E-state index in [1.54, 1.807) is 0 Å². The third kappa shape index (κ3) is 4.09. The third-order valence-corrected chi connectivity index (χ3v) is 7.45. The van der Waals surface area contributed by atoms with Crippen LogP contribution in [0.25, 0.3) is 0 Å². The van der Waals surface area contributed by atoms with Crippen LogP contribution in [0.5, 0.6) is 0 Å². The molecule has 140 valence electrons. The van der Waals surface area contributed by atoms with Crippen LogP contribution in [-0.4, -0.2) is 36.7 Å². The van der Waals surface area contributed by atoms with Gasteiger partial charge in [0, 0.05) is 24.0 Å². The molecule has 9 heteroatoms. The lowest BCUT2D eigenvalue weighted by Gasteiger charge is -2.26. The van der Waals surface area contributed by atoms with E-state index in [4.69, 9.17) is 11.6 Å². The largest absolute Gasteiger partial charge is 0.298 e. The lowest BCUT2D eigenvalue weighted by atomic mass is 10.2. The number of amides is 1. The number of aryl methyl sites for hydroxylation is 1. The highest BCUT2D eigenvalue weighted by atomic mass is 35.5. The van der Waals surface area contributed by atoms with Crippen molar-refractivity contribution in [2.24, 2.45) is 0 Å². The van der Waals surface area contributed by atoms with Gasteiger partial charge in [0.05, 0.1) is 10.7 Å². The van der Waals surface area contributed by atoms with Gasteiger partial charge in [-0.3, -0.25) is 10.1 Å². The number of hydrogen-bond acceptors (Lipinski definition) is 5. The molecule has 2 heterocycles. The molecule has 1 aromatic carbocycles. The van der Waals surface area contributed by atoms with Crippen molar-refractivity contribution >= 4 is 44.0 Å². The van der Waals surface area contributed by atoms with E-state index in [1.807, 2.05) is 12.3 Å². The highest BCUT2D eigenvalue weighted by molar-refractivity contribution is 7.89. The summed E-state index contributed by atoms with van der Waals surface area (Å²) < 4.78 is 27.2. The number of halogens is 1. The number of nitrogens with one attached hydrogen (secondary N) is 1. The summed E-state index contributed by atoms with van der Waals surface area (Å²) in [6.07, 6.45) is 3.48. The number of thiazole rings is 1. The number of benzene rings is 1. The maximum absolute atomic E-state index is 12.9. The molecule has 0 saturated carbocycles. The van der Waals surface area contributed by atoms with Crippen LogP contribution >= 0.6 is 22.9 Å². The maximum Gasteiger partial charge on any atom is 0.257 e. The molecule has 0 spiro atoms. The Balaban J connectivity index is 1.85. The second-order valence-electron chi connectivity index (χ2n) is 6.06. The molecular formula is C17H20ClN3O3S2. The van der Waals surface area contributed by atoms with Crippen LogP contribution < -0.4 is 5.32 Å². The van der Waals surface area contributed by atoms with Crippen molar-refractivity contribution in [1.82, 2.24) is 9.29 Å². The van der Waals surface area contributed by atoms with Crippen molar-refractivity contribution in [3.63, 3.8) is 0 Å². The molecule has 1 aliphatic rings. The Bertz CT molecular complexity index is 906. The van der Waals surface area contributed by atoms with Crippen LogP contribution in [-0.2, 0) is 16.4 Å². The van der Waals surface area contributed by atoms with Crippen LogP contribution in [0.3, 0.4) is 0 Å². The number of nitrogens with zero attached hydrogens (tertiary/aromatic N) is 2. The van der Waals surface area contributed by atoms with Gasteiger partial charge in [-0.15, -0.1) is 11.3 Å². The summed E-state index contributed by atoms with van der Waals surface area (Å²) in [5, 5.41) is 5.19. The highest BCUT2D eigenvalue weighted by Crippen LogP contribution is 2.28. The Morgan fingerprint density at radius 1 is 1.31 bits per heavy atom. The summed E-state index contributed by atoms with van der Waals surface area (Å²) in [5.74, 6) is -0.409. The average Bonchev–Trinajstić information content (AvgIpc) is 3.10. The summed E-state index contributed by atoms with van der Waals surface area (Å²) in [4.78, 5) is 16.7. The van der Waals surface area contributed by atoms with E-state index in [0.29, 0.717) is 18.2 Å². The molecule has 0 radical (unpaired) electrons. The lowest BCUT2D eigenvalue weighted by Crippen LogP contribution is -2.35. The average molecular weight is 414 g/mol. The van der Waals surface area contributed by atoms with Crippen LogP contribution in [0, 0.1) is 0 Å². The van der Waals surface area contributed by atoms with Gasteiger partial charge in [0.25, 0.3) is 5.91 Å². The number of piperidine rings is 1. The van der Waals surface area contributed by atoms with E-state index in [1.165, 1.54) is 33.8 Å². The Morgan fingerprint density at radius 2 is 2.04 bits per heavy atom. The monoisotopic (exact) mass is 413 g/mol. The third-order valence-electron chi connectivity index (χ3n) is 4.26. The molecular weight excluding hydrogens is 394 g/mol. The van der Waals surface area contributed by atoms with Crippen LogP contribution in [0.15, 0.2) is 28.5 Å². The van der Waals surface area contributed by atoms with E-state index in [9.17, 15) is 13.2 Å². The number of carbonyl (C=O) groups excluding carboxylic acids is 1. The molecule has 0 atom stereocenters. The fraction of sp³-hybridized carbons (Fsp3) is 0.412. The van der Waals surface area contributed by atoms with Crippen LogP contribution in [0.4, 0.5) is 5.13 Å². The normalized spacial score (nSPS) is 15.8. The molecule has 3 rings (SSSR count). The molecule has 1 N–H and O–H groups in total. The topological polar surface area (TPSA) is 79.4 Å². The molecule has 26 heavy (non-hydrogen) atoms. The van der Waals surface area contributed by atoms with E-state index in [-0.39, 0.29) is 15.5 Å². The Kier molecular flexibility index (Phi) is 5.96. The molecule has 1 fully saturated rings. The molecule has 0 bridgehead atoms. The zero-order valence-electron chi connectivity index (χ0n) is 14.4. The Labute approximate surface area is 162 Å². The first-order valence-electron chi connectivity index (χ1n) is 8.47. The second kappa shape index (κ2) is 8.04. The zero-order chi connectivity index (χ0) is 18.7. The number of aromatic nitrogens is 1. The first-order valence-corrected chi connectivity index (χ1v) is 11.2. The number of sulfonamides is 1. The smallest absolute Gasteiger partial charge is 0.257 e. The minimum Gasteiger partial charge on any atom is -0.298 e. The van der Waals surface area contributed by atoms with Gasteiger partial charge in [-0.25, -0.2) is 13.4 Å². The molecule has 2 aromatic rings. The first kappa shape index (κ1) is 19.3. The molecule has 1 saturated heterocycles. The van der Waals surface area contributed by atoms with Gasteiger partial charge in [-0.1, -0.05) is 24.9 Å². The molecule has 6 nitrogen and oxygen atoms in total. The summed E-state index contributed by atoms with van der Waals surface area (Å²) in [5.41, 5.74) is 1.13. The van der Waals surface area contributed by atoms with Crippen molar-refractivity contribution in [3.05, 3.63) is 39.9 Å². The van der Waals surface area contributed by atoms with Gasteiger partial charge < -0.3 is 0 Å². The highest BCUT2D eigenvalue weighted by Gasteiger charge is 2.28. The van der Waals surface area contributed by atoms with Gasteiger partial charge in [0.15, 0.2) is 5.13 Å². The van der Waals surface area contributed by atoms with Gasteiger partial charge in [0.1, 0.15) is 4.90 Å². The van der Waals surface area contributed by atoms with Gasteiger partial charge in [0.2, 0.25) is 10.0 Å². The van der Waals surface area contributed by atoms with E-state index >= 15 is 0 Å². The van der Waals surface area contributed by atoms with Crippen molar-refractivity contribution in [2.45, 2.75) is 37.5 Å². The zero-order valence-corrected chi connectivity index (χ0v) is 16.8. The predicted molar refractivity (Wildman–Crippen MR) is 104 cm³/mol. The number of hydrogen-bond donors (Lipinski definition) is 1. The molecule has 1 aromatic heterocycles. The van der Waals surface area contributed by atoms with E-state index in [2.05, 4.69) is 10.3 Å². The molecule has 0 unspecified atom stereocenters.